The Morgan fingerprint density at radius 3 is 2.70 bits per heavy atom. The molecule has 0 aromatic heterocycles. The molecule has 1 N–H and O–H groups in total. The van der Waals surface area contributed by atoms with Gasteiger partial charge in [0, 0.05) is 0 Å². The standard InChI is InChI=1S/C19H32O/c1-18(2)11-4-12-19(3)16-9-6-14(13-20)5-7-15(16)8-10-17(18)19/h5,15-17,20H,4,6-13H2,1-3H3. The van der Waals surface area contributed by atoms with E-state index in [-0.39, 0.29) is 6.61 Å². The second kappa shape index (κ2) is 5.16. The molecule has 1 nitrogen and oxygen atoms in total. The summed E-state index contributed by atoms with van der Waals surface area (Å²) in [5.41, 5.74) is 2.40. The third-order valence-corrected chi connectivity index (χ3v) is 7.21. The van der Waals surface area contributed by atoms with E-state index in [1.165, 1.54) is 50.5 Å². The molecule has 0 heterocycles. The van der Waals surface area contributed by atoms with E-state index in [9.17, 15) is 5.11 Å². The highest BCUT2D eigenvalue weighted by Crippen LogP contribution is 2.63. The van der Waals surface area contributed by atoms with Crippen LogP contribution in [0.25, 0.3) is 0 Å². The van der Waals surface area contributed by atoms with Crippen LogP contribution in [0, 0.1) is 28.6 Å². The zero-order valence-electron chi connectivity index (χ0n) is 13.6. The van der Waals surface area contributed by atoms with Crippen molar-refractivity contribution in [3.8, 4) is 0 Å². The van der Waals surface area contributed by atoms with Gasteiger partial charge in [-0.15, -0.1) is 0 Å². The van der Waals surface area contributed by atoms with Gasteiger partial charge >= 0.3 is 0 Å². The van der Waals surface area contributed by atoms with Crippen LogP contribution in [0.4, 0.5) is 0 Å². The van der Waals surface area contributed by atoms with Crippen molar-refractivity contribution in [1.29, 1.82) is 0 Å². The monoisotopic (exact) mass is 276 g/mol. The Labute approximate surface area is 124 Å². The molecule has 0 bridgehead atoms. The Bertz CT molecular complexity index is 395. The van der Waals surface area contributed by atoms with Gasteiger partial charge in [0.25, 0.3) is 0 Å². The van der Waals surface area contributed by atoms with Crippen LogP contribution in [0.1, 0.15) is 72.1 Å². The molecule has 0 aromatic carbocycles. The van der Waals surface area contributed by atoms with Gasteiger partial charge in [-0.25, -0.2) is 0 Å². The number of rotatable bonds is 1. The molecule has 20 heavy (non-hydrogen) atoms. The molecular formula is C19H32O. The van der Waals surface area contributed by atoms with Crippen molar-refractivity contribution >= 4 is 0 Å². The van der Waals surface area contributed by atoms with E-state index in [1.807, 2.05) is 0 Å². The number of aliphatic hydroxyl groups is 1. The number of aliphatic hydroxyl groups excluding tert-OH is 1. The summed E-state index contributed by atoms with van der Waals surface area (Å²) >= 11 is 0. The van der Waals surface area contributed by atoms with Crippen molar-refractivity contribution in [2.75, 3.05) is 6.61 Å². The Hall–Kier alpha value is -0.300. The maximum Gasteiger partial charge on any atom is 0.0641 e. The fourth-order valence-corrected chi connectivity index (χ4v) is 6.20. The summed E-state index contributed by atoms with van der Waals surface area (Å²) in [5.74, 6) is 2.69. The molecule has 2 fully saturated rings. The Kier molecular flexibility index (Phi) is 3.77. The fourth-order valence-electron chi connectivity index (χ4n) is 6.20. The first kappa shape index (κ1) is 14.6. The van der Waals surface area contributed by atoms with Crippen molar-refractivity contribution in [2.45, 2.75) is 72.1 Å². The molecular weight excluding hydrogens is 244 g/mol. The smallest absolute Gasteiger partial charge is 0.0641 e. The summed E-state index contributed by atoms with van der Waals surface area (Å²) in [6, 6.07) is 0. The van der Waals surface area contributed by atoms with Gasteiger partial charge in [-0.05, 0) is 79.1 Å². The molecule has 3 aliphatic rings. The lowest BCUT2D eigenvalue weighted by Gasteiger charge is -2.59. The van der Waals surface area contributed by atoms with Gasteiger partial charge < -0.3 is 5.11 Å². The van der Waals surface area contributed by atoms with Crippen molar-refractivity contribution in [3.63, 3.8) is 0 Å². The SMILES string of the molecule is CC1(C)CCCC2(C)C3CCC(CO)=CCC3CCC12. The van der Waals surface area contributed by atoms with Crippen molar-refractivity contribution < 1.29 is 5.11 Å². The Balaban J connectivity index is 1.87. The summed E-state index contributed by atoms with van der Waals surface area (Å²) in [6.45, 7) is 7.93. The Morgan fingerprint density at radius 1 is 1.15 bits per heavy atom. The summed E-state index contributed by atoms with van der Waals surface area (Å²) < 4.78 is 0. The first-order valence-electron chi connectivity index (χ1n) is 8.76. The van der Waals surface area contributed by atoms with E-state index in [4.69, 9.17) is 0 Å². The second-order valence-electron chi connectivity index (χ2n) is 8.64. The summed E-state index contributed by atoms with van der Waals surface area (Å²) in [7, 11) is 0. The molecule has 1 heteroatoms. The van der Waals surface area contributed by atoms with Crippen LogP contribution in [-0.2, 0) is 0 Å². The average Bonchev–Trinajstić information content (AvgIpc) is 2.60. The van der Waals surface area contributed by atoms with Crippen molar-refractivity contribution in [1.82, 2.24) is 0 Å². The molecule has 4 unspecified atom stereocenters. The molecule has 0 radical (unpaired) electrons. The first-order chi connectivity index (χ1) is 9.47. The van der Waals surface area contributed by atoms with E-state index < -0.39 is 0 Å². The van der Waals surface area contributed by atoms with E-state index in [0.29, 0.717) is 10.8 Å². The molecule has 3 rings (SSSR count). The highest BCUT2D eigenvalue weighted by molar-refractivity contribution is 5.11. The summed E-state index contributed by atoms with van der Waals surface area (Å²) in [4.78, 5) is 0. The zero-order chi connectivity index (χ0) is 14.4. The van der Waals surface area contributed by atoms with Crippen LogP contribution < -0.4 is 0 Å². The molecule has 4 atom stereocenters. The van der Waals surface area contributed by atoms with E-state index in [0.717, 1.165) is 24.2 Å². The minimum Gasteiger partial charge on any atom is -0.392 e. The lowest BCUT2D eigenvalue weighted by molar-refractivity contribution is -0.0977. The van der Waals surface area contributed by atoms with Gasteiger partial charge in [0.2, 0.25) is 0 Å². The molecule has 0 spiro atoms. The van der Waals surface area contributed by atoms with Crippen molar-refractivity contribution in [3.05, 3.63) is 11.6 Å². The largest absolute Gasteiger partial charge is 0.392 e. The van der Waals surface area contributed by atoms with Gasteiger partial charge in [-0.2, -0.15) is 0 Å². The lowest BCUT2D eigenvalue weighted by atomic mass is 9.46. The van der Waals surface area contributed by atoms with Crippen LogP contribution >= 0.6 is 0 Å². The van der Waals surface area contributed by atoms with Crippen LogP contribution in [-0.4, -0.2) is 11.7 Å². The third kappa shape index (κ3) is 2.26. The first-order valence-corrected chi connectivity index (χ1v) is 8.76. The molecule has 0 amide bonds. The fraction of sp³-hybridized carbons (Fsp3) is 0.895. The quantitative estimate of drug-likeness (QED) is 0.672. The minimum absolute atomic E-state index is 0.283. The molecule has 114 valence electrons. The van der Waals surface area contributed by atoms with E-state index in [2.05, 4.69) is 26.8 Å². The molecule has 0 aliphatic heterocycles. The second-order valence-corrected chi connectivity index (χ2v) is 8.64. The average molecular weight is 276 g/mol. The van der Waals surface area contributed by atoms with E-state index in [1.54, 1.807) is 0 Å². The molecule has 0 saturated heterocycles. The van der Waals surface area contributed by atoms with Gasteiger partial charge in [-0.1, -0.05) is 33.3 Å². The van der Waals surface area contributed by atoms with Gasteiger partial charge in [0.05, 0.1) is 6.61 Å². The number of fused-ring (bicyclic) bond motifs is 3. The summed E-state index contributed by atoms with van der Waals surface area (Å²) in [5, 5.41) is 9.46. The predicted octanol–water partition coefficient (Wildman–Crippen LogP) is 4.95. The van der Waals surface area contributed by atoms with Gasteiger partial charge in [0.15, 0.2) is 0 Å². The number of hydrogen-bond donors (Lipinski definition) is 1. The number of allylic oxidation sites excluding steroid dienone is 1. The third-order valence-electron chi connectivity index (χ3n) is 7.21. The van der Waals surface area contributed by atoms with Crippen molar-refractivity contribution in [2.24, 2.45) is 28.6 Å². The topological polar surface area (TPSA) is 20.2 Å². The highest BCUT2D eigenvalue weighted by atomic mass is 16.3. The van der Waals surface area contributed by atoms with E-state index >= 15 is 0 Å². The van der Waals surface area contributed by atoms with Crippen LogP contribution in [0.2, 0.25) is 0 Å². The predicted molar refractivity (Wildman–Crippen MR) is 84.5 cm³/mol. The zero-order valence-corrected chi connectivity index (χ0v) is 13.6. The summed E-state index contributed by atoms with van der Waals surface area (Å²) in [6.07, 6.45) is 13.2. The van der Waals surface area contributed by atoms with Crippen LogP contribution in [0.3, 0.4) is 0 Å². The Morgan fingerprint density at radius 2 is 1.95 bits per heavy atom. The maximum atomic E-state index is 9.46. The molecule has 2 saturated carbocycles. The van der Waals surface area contributed by atoms with Gasteiger partial charge in [0.1, 0.15) is 0 Å². The minimum atomic E-state index is 0.283. The molecule has 0 aromatic rings. The van der Waals surface area contributed by atoms with Gasteiger partial charge in [-0.3, -0.25) is 0 Å². The van der Waals surface area contributed by atoms with Crippen LogP contribution in [0.15, 0.2) is 11.6 Å². The molecule has 3 aliphatic carbocycles. The number of hydrogen-bond acceptors (Lipinski definition) is 1. The van der Waals surface area contributed by atoms with Crippen LogP contribution in [0.5, 0.6) is 0 Å². The maximum absolute atomic E-state index is 9.46. The normalized spacial score (nSPS) is 44.0. The lowest BCUT2D eigenvalue weighted by Crippen LogP contribution is -2.51. The highest BCUT2D eigenvalue weighted by Gasteiger charge is 2.54.